The van der Waals surface area contributed by atoms with Crippen LogP contribution < -0.4 is 0 Å². The molecule has 1 unspecified atom stereocenters. The van der Waals surface area contributed by atoms with Gasteiger partial charge < -0.3 is 4.57 Å². The SMILES string of the molecule is Cc1c(C)n(Cc2ccncc2)c2ncn3nc(C(C(C)C)N4C(=O)c5ccccc5C4=O)nc3c12. The number of carbonyl (C=O) groups excluding carboxylic acids is 2. The Labute approximate surface area is 207 Å². The first-order chi connectivity index (χ1) is 17.4. The number of imide groups is 1. The Hall–Kier alpha value is -4.40. The van der Waals surface area contributed by atoms with Crippen LogP contribution in [0.4, 0.5) is 0 Å². The Bertz CT molecular complexity index is 1630. The van der Waals surface area contributed by atoms with E-state index in [2.05, 4.69) is 23.4 Å². The van der Waals surface area contributed by atoms with Crippen LogP contribution in [0.5, 0.6) is 0 Å². The number of nitrogens with zero attached hydrogens (tertiary/aromatic N) is 7. The molecule has 0 bridgehead atoms. The van der Waals surface area contributed by atoms with Crippen molar-refractivity contribution in [2.45, 2.75) is 40.3 Å². The van der Waals surface area contributed by atoms with Crippen molar-refractivity contribution in [2.24, 2.45) is 5.92 Å². The molecule has 0 spiro atoms. The topological polar surface area (TPSA) is 98.3 Å². The standard InChI is InChI=1S/C27H25N7O2/c1-15(2)22(34-26(35)19-7-5-6-8-20(19)27(34)36)23-30-25-21-16(3)17(4)32(13-18-9-11-28-12-10-18)24(21)29-14-33(25)31-23/h5-12,14-15,22H,13H2,1-4H3. The van der Waals surface area contributed by atoms with Crippen LogP contribution in [0.15, 0.2) is 55.1 Å². The molecule has 180 valence electrons. The average Bonchev–Trinajstić information content (AvgIpc) is 3.49. The monoisotopic (exact) mass is 479 g/mol. The van der Waals surface area contributed by atoms with Gasteiger partial charge >= 0.3 is 0 Å². The Morgan fingerprint density at radius 2 is 1.58 bits per heavy atom. The molecular weight excluding hydrogens is 454 g/mol. The van der Waals surface area contributed by atoms with E-state index in [-0.39, 0.29) is 17.7 Å². The Morgan fingerprint density at radius 3 is 2.22 bits per heavy atom. The molecule has 5 heterocycles. The van der Waals surface area contributed by atoms with Crippen LogP contribution in [-0.4, -0.2) is 45.8 Å². The van der Waals surface area contributed by atoms with Crippen LogP contribution >= 0.6 is 0 Å². The van der Waals surface area contributed by atoms with Gasteiger partial charge in [-0.25, -0.2) is 14.5 Å². The van der Waals surface area contributed by atoms with Crippen molar-refractivity contribution >= 4 is 28.5 Å². The number of aryl methyl sites for hydroxylation is 1. The number of hydrogen-bond acceptors (Lipinski definition) is 6. The second-order valence-electron chi connectivity index (χ2n) is 9.55. The maximum absolute atomic E-state index is 13.3. The molecule has 6 rings (SSSR count). The van der Waals surface area contributed by atoms with Crippen molar-refractivity contribution in [1.82, 2.24) is 34.0 Å². The Kier molecular flexibility index (Phi) is 4.96. The van der Waals surface area contributed by atoms with Crippen molar-refractivity contribution in [3.8, 4) is 0 Å². The van der Waals surface area contributed by atoms with Crippen molar-refractivity contribution in [1.29, 1.82) is 0 Å². The number of aromatic nitrogens is 6. The van der Waals surface area contributed by atoms with Gasteiger partial charge in [-0.2, -0.15) is 0 Å². The molecule has 2 amide bonds. The molecule has 0 saturated heterocycles. The fourth-order valence-corrected chi connectivity index (χ4v) is 5.11. The normalized spacial score (nSPS) is 14.4. The molecule has 0 aliphatic carbocycles. The Morgan fingerprint density at radius 1 is 0.917 bits per heavy atom. The summed E-state index contributed by atoms with van der Waals surface area (Å²) in [6, 6.07) is 10.3. The number of benzene rings is 1. The molecule has 9 nitrogen and oxygen atoms in total. The van der Waals surface area contributed by atoms with E-state index < -0.39 is 6.04 Å². The van der Waals surface area contributed by atoms with Crippen molar-refractivity contribution in [3.05, 3.63) is 88.9 Å². The van der Waals surface area contributed by atoms with Gasteiger partial charge in [-0.05, 0) is 55.2 Å². The average molecular weight is 480 g/mol. The van der Waals surface area contributed by atoms with E-state index >= 15 is 0 Å². The molecule has 1 aliphatic rings. The lowest BCUT2D eigenvalue weighted by Gasteiger charge is -2.26. The minimum absolute atomic E-state index is 0.0906. The van der Waals surface area contributed by atoms with E-state index in [0.29, 0.717) is 29.1 Å². The highest BCUT2D eigenvalue weighted by atomic mass is 16.2. The van der Waals surface area contributed by atoms with Gasteiger partial charge in [0.1, 0.15) is 18.0 Å². The van der Waals surface area contributed by atoms with Gasteiger partial charge in [-0.3, -0.25) is 19.5 Å². The second kappa shape index (κ2) is 8.08. The zero-order chi connectivity index (χ0) is 25.1. The van der Waals surface area contributed by atoms with Crippen molar-refractivity contribution in [2.75, 3.05) is 0 Å². The van der Waals surface area contributed by atoms with E-state index in [0.717, 1.165) is 27.9 Å². The quantitative estimate of drug-likeness (QED) is 0.352. The molecule has 0 N–H and O–H groups in total. The summed E-state index contributed by atoms with van der Waals surface area (Å²) >= 11 is 0. The van der Waals surface area contributed by atoms with Crippen LogP contribution in [-0.2, 0) is 6.54 Å². The molecule has 1 atom stereocenters. The number of pyridine rings is 1. The molecule has 5 aromatic rings. The van der Waals surface area contributed by atoms with Crippen molar-refractivity contribution in [3.63, 3.8) is 0 Å². The first-order valence-corrected chi connectivity index (χ1v) is 11.9. The molecule has 9 heteroatoms. The van der Waals surface area contributed by atoms with E-state index in [1.807, 2.05) is 26.0 Å². The van der Waals surface area contributed by atoms with Gasteiger partial charge in [-0.1, -0.05) is 26.0 Å². The third-order valence-electron chi connectivity index (χ3n) is 7.05. The maximum Gasteiger partial charge on any atom is 0.262 e. The third-order valence-corrected chi connectivity index (χ3v) is 7.05. The second-order valence-corrected chi connectivity index (χ2v) is 9.55. The highest BCUT2D eigenvalue weighted by Crippen LogP contribution is 2.36. The lowest BCUT2D eigenvalue weighted by molar-refractivity contribution is 0.0529. The molecule has 0 saturated carbocycles. The zero-order valence-corrected chi connectivity index (χ0v) is 20.5. The molecule has 1 aromatic carbocycles. The molecule has 36 heavy (non-hydrogen) atoms. The maximum atomic E-state index is 13.3. The fourth-order valence-electron chi connectivity index (χ4n) is 5.11. The van der Waals surface area contributed by atoms with Crippen molar-refractivity contribution < 1.29 is 9.59 Å². The number of carbonyl (C=O) groups is 2. The fraction of sp³-hybridized carbons (Fsp3) is 0.259. The van der Waals surface area contributed by atoms with Gasteiger partial charge in [0.2, 0.25) is 0 Å². The lowest BCUT2D eigenvalue weighted by Crippen LogP contribution is -2.37. The first kappa shape index (κ1) is 22.1. The van der Waals surface area contributed by atoms with Gasteiger partial charge in [0.15, 0.2) is 11.5 Å². The van der Waals surface area contributed by atoms with E-state index in [9.17, 15) is 9.59 Å². The summed E-state index contributed by atoms with van der Waals surface area (Å²) in [4.78, 5) is 41.5. The van der Waals surface area contributed by atoms with Crippen LogP contribution in [0.25, 0.3) is 16.7 Å². The largest absolute Gasteiger partial charge is 0.325 e. The third kappa shape index (κ3) is 3.16. The van der Waals surface area contributed by atoms with Gasteiger partial charge in [0.05, 0.1) is 16.5 Å². The molecule has 0 fully saturated rings. The highest BCUT2D eigenvalue weighted by Gasteiger charge is 2.43. The summed E-state index contributed by atoms with van der Waals surface area (Å²) in [7, 11) is 0. The summed E-state index contributed by atoms with van der Waals surface area (Å²) in [6.45, 7) is 8.72. The summed E-state index contributed by atoms with van der Waals surface area (Å²) in [5, 5.41) is 5.61. The number of hydrogen-bond donors (Lipinski definition) is 0. The number of amides is 2. The smallest absolute Gasteiger partial charge is 0.262 e. The summed E-state index contributed by atoms with van der Waals surface area (Å²) < 4.78 is 3.81. The zero-order valence-electron chi connectivity index (χ0n) is 20.5. The van der Waals surface area contributed by atoms with Crippen LogP contribution in [0, 0.1) is 19.8 Å². The highest BCUT2D eigenvalue weighted by molar-refractivity contribution is 6.21. The minimum atomic E-state index is -0.604. The molecule has 4 aromatic heterocycles. The molecule has 0 radical (unpaired) electrons. The first-order valence-electron chi connectivity index (χ1n) is 11.9. The summed E-state index contributed by atoms with van der Waals surface area (Å²) in [6.07, 6.45) is 5.21. The van der Waals surface area contributed by atoms with Crippen LogP contribution in [0.2, 0.25) is 0 Å². The van der Waals surface area contributed by atoms with Gasteiger partial charge in [0, 0.05) is 24.6 Å². The lowest BCUT2D eigenvalue weighted by atomic mass is 10.0. The number of fused-ring (bicyclic) bond motifs is 4. The van der Waals surface area contributed by atoms with Crippen LogP contribution in [0.1, 0.15) is 63.3 Å². The number of rotatable bonds is 5. The van der Waals surface area contributed by atoms with E-state index in [1.54, 1.807) is 47.5 Å². The van der Waals surface area contributed by atoms with Gasteiger partial charge in [-0.15, -0.1) is 5.10 Å². The summed E-state index contributed by atoms with van der Waals surface area (Å²) in [5.74, 6) is -0.293. The van der Waals surface area contributed by atoms with E-state index in [4.69, 9.17) is 15.1 Å². The summed E-state index contributed by atoms with van der Waals surface area (Å²) in [5.41, 5.74) is 5.59. The molecule has 1 aliphatic heterocycles. The predicted molar refractivity (Wildman–Crippen MR) is 134 cm³/mol. The van der Waals surface area contributed by atoms with E-state index in [1.165, 1.54) is 4.90 Å². The molecular formula is C27H25N7O2. The minimum Gasteiger partial charge on any atom is -0.325 e. The Balaban J connectivity index is 1.48. The van der Waals surface area contributed by atoms with Gasteiger partial charge in [0.25, 0.3) is 11.8 Å². The van der Waals surface area contributed by atoms with Crippen LogP contribution in [0.3, 0.4) is 0 Å². The predicted octanol–water partition coefficient (Wildman–Crippen LogP) is 4.13.